The second kappa shape index (κ2) is 7.85. The predicted octanol–water partition coefficient (Wildman–Crippen LogP) is 1.54. The summed E-state index contributed by atoms with van der Waals surface area (Å²) < 4.78 is 11.5. The molecule has 1 aliphatic rings. The van der Waals surface area contributed by atoms with Crippen molar-refractivity contribution in [2.24, 2.45) is 0 Å². The first kappa shape index (κ1) is 14.8. The van der Waals surface area contributed by atoms with Crippen molar-refractivity contribution in [1.82, 2.24) is 0 Å². The predicted molar refractivity (Wildman–Crippen MR) is 72.2 cm³/mol. The normalized spacial score (nSPS) is 15.8. The lowest BCUT2D eigenvalue weighted by molar-refractivity contribution is -0.899. The van der Waals surface area contributed by atoms with Crippen LogP contribution in [0, 0.1) is 0 Å². The van der Waals surface area contributed by atoms with Crippen LogP contribution in [-0.2, 0) is 9.47 Å². The molecule has 0 amide bonds. The van der Waals surface area contributed by atoms with E-state index in [-0.39, 0.29) is 18.7 Å². The van der Waals surface area contributed by atoms with E-state index in [1.54, 1.807) is 36.4 Å². The van der Waals surface area contributed by atoms with Crippen molar-refractivity contribution in [3.63, 3.8) is 0 Å². The van der Waals surface area contributed by atoms with E-state index in [0.29, 0.717) is 12.2 Å². The van der Waals surface area contributed by atoms with Crippen LogP contribution >= 0.6 is 0 Å². The number of hydrogen-bond donors (Lipinski definition) is 0. The largest absolute Gasteiger partial charge is 0.460 e. The van der Waals surface area contributed by atoms with Crippen LogP contribution in [0.15, 0.2) is 24.5 Å². The lowest BCUT2D eigenvalue weighted by Gasteiger charge is -2.17. The first-order valence-corrected chi connectivity index (χ1v) is 7.14. The molecule has 0 radical (unpaired) electrons. The first-order chi connectivity index (χ1) is 9.79. The van der Waals surface area contributed by atoms with Crippen LogP contribution in [0.4, 0.5) is 0 Å². The Morgan fingerprint density at radius 3 is 2.55 bits per heavy atom. The van der Waals surface area contributed by atoms with Crippen LogP contribution in [0.3, 0.4) is 0 Å². The van der Waals surface area contributed by atoms with Gasteiger partial charge in [0.15, 0.2) is 6.10 Å². The van der Waals surface area contributed by atoms with E-state index in [2.05, 4.69) is 0 Å². The Morgan fingerprint density at radius 2 is 1.90 bits per heavy atom. The van der Waals surface area contributed by atoms with Crippen LogP contribution in [0.1, 0.15) is 42.5 Å². The minimum atomic E-state index is -0.341. The van der Waals surface area contributed by atoms with Crippen molar-refractivity contribution in [3.05, 3.63) is 30.1 Å². The van der Waals surface area contributed by atoms with Crippen LogP contribution in [0.5, 0.6) is 0 Å². The maximum Gasteiger partial charge on any atom is 0.338 e. The van der Waals surface area contributed by atoms with Gasteiger partial charge in [-0.15, -0.1) is 0 Å². The number of aromatic nitrogens is 1. The fourth-order valence-corrected chi connectivity index (χ4v) is 2.26. The van der Waals surface area contributed by atoms with Gasteiger partial charge in [0.1, 0.15) is 6.61 Å². The highest BCUT2D eigenvalue weighted by Gasteiger charge is 2.19. The number of ether oxygens (including phenoxy) is 2. The molecule has 1 aliphatic carbocycles. The summed E-state index contributed by atoms with van der Waals surface area (Å²) in [4.78, 5) is 17.5. The van der Waals surface area contributed by atoms with Gasteiger partial charge >= 0.3 is 5.97 Å². The smallest absolute Gasteiger partial charge is 0.338 e. The van der Waals surface area contributed by atoms with Crippen molar-refractivity contribution in [2.75, 3.05) is 20.3 Å². The topological polar surface area (TPSA) is 48.6 Å². The molecule has 0 bridgehead atoms. The monoisotopic (exact) mass is 280 g/mol. The Morgan fingerprint density at radius 1 is 1.20 bits per heavy atom. The van der Waals surface area contributed by atoms with Crippen molar-refractivity contribution in [2.45, 2.75) is 38.2 Å². The second-order valence-electron chi connectivity index (χ2n) is 4.94. The molecule has 1 saturated carbocycles. The number of nitrogens with zero attached hydrogens (tertiary/aromatic N) is 1. The van der Waals surface area contributed by atoms with E-state index in [1.807, 2.05) is 0 Å². The summed E-state index contributed by atoms with van der Waals surface area (Å²) in [6, 6.07) is 3.41. The molecule has 0 spiro atoms. The van der Waals surface area contributed by atoms with E-state index in [9.17, 15) is 4.79 Å². The number of carbonyl (C=O) groups is 1. The third kappa shape index (κ3) is 4.49. The van der Waals surface area contributed by atoms with Crippen molar-refractivity contribution in [3.8, 4) is 0 Å². The maximum atomic E-state index is 11.7. The fourth-order valence-electron chi connectivity index (χ4n) is 2.26. The summed E-state index contributed by atoms with van der Waals surface area (Å²) >= 11 is 0. The van der Waals surface area contributed by atoms with Crippen LogP contribution in [0.2, 0.25) is 0 Å². The first-order valence-electron chi connectivity index (χ1n) is 7.14. The van der Waals surface area contributed by atoms with Gasteiger partial charge in [-0.3, -0.25) is 4.84 Å². The lowest BCUT2D eigenvalue weighted by atomic mass is 9.98. The Kier molecular flexibility index (Phi) is 5.80. The highest BCUT2D eigenvalue weighted by Crippen LogP contribution is 2.17. The summed E-state index contributed by atoms with van der Waals surface area (Å²) in [5, 5.41) is 0. The number of methoxy groups -OCH3 is 1. The molecule has 20 heavy (non-hydrogen) atoms. The zero-order chi connectivity index (χ0) is 14.2. The molecule has 1 aromatic heterocycles. The summed E-state index contributed by atoms with van der Waals surface area (Å²) in [5.41, 5.74) is 0.518. The van der Waals surface area contributed by atoms with Gasteiger partial charge in [-0.25, -0.2) is 4.79 Å². The number of pyridine rings is 1. The Balaban J connectivity index is 1.83. The molecule has 0 unspecified atom stereocenters. The Hall–Kier alpha value is -1.62. The van der Waals surface area contributed by atoms with Gasteiger partial charge < -0.3 is 9.47 Å². The summed E-state index contributed by atoms with van der Waals surface area (Å²) in [6.07, 6.45) is 9.76. The number of rotatable bonds is 6. The average Bonchev–Trinajstić information content (AvgIpc) is 2.49. The molecule has 5 nitrogen and oxygen atoms in total. The molecule has 0 aromatic carbocycles. The standard InChI is InChI=1S/C15H22NO4/c1-18-11-12-19-15(17)13-7-9-16(10-8-13)20-14-5-3-2-4-6-14/h7-10,14H,2-6,11-12H2,1H3/q+1. The second-order valence-corrected chi connectivity index (χ2v) is 4.94. The third-order valence-corrected chi connectivity index (χ3v) is 3.38. The number of carbonyl (C=O) groups excluding carboxylic acids is 1. The highest BCUT2D eigenvalue weighted by atomic mass is 16.7. The fraction of sp³-hybridized carbons (Fsp3) is 0.600. The van der Waals surface area contributed by atoms with Gasteiger partial charge in [-0.05, 0) is 25.7 Å². The molecule has 0 aliphatic heterocycles. The van der Waals surface area contributed by atoms with E-state index >= 15 is 0 Å². The van der Waals surface area contributed by atoms with Gasteiger partial charge in [0.2, 0.25) is 12.4 Å². The van der Waals surface area contributed by atoms with Crippen molar-refractivity contribution >= 4 is 5.97 Å². The van der Waals surface area contributed by atoms with E-state index in [4.69, 9.17) is 14.3 Å². The molecule has 1 fully saturated rings. The molecule has 0 atom stereocenters. The number of hydrogen-bond acceptors (Lipinski definition) is 4. The van der Waals surface area contributed by atoms with Crippen LogP contribution in [-0.4, -0.2) is 32.4 Å². The quantitative estimate of drug-likeness (QED) is 0.450. The highest BCUT2D eigenvalue weighted by molar-refractivity contribution is 5.88. The lowest BCUT2D eigenvalue weighted by Crippen LogP contribution is -2.47. The molecular weight excluding hydrogens is 258 g/mol. The Bertz CT molecular complexity index is 412. The molecule has 110 valence electrons. The molecule has 1 aromatic rings. The summed E-state index contributed by atoms with van der Waals surface area (Å²) in [6.45, 7) is 0.673. The number of esters is 1. The van der Waals surface area contributed by atoms with Crippen molar-refractivity contribution < 1.29 is 23.8 Å². The van der Waals surface area contributed by atoms with Gasteiger partial charge in [-0.1, -0.05) is 6.42 Å². The summed E-state index contributed by atoms with van der Waals surface area (Å²) in [7, 11) is 1.57. The summed E-state index contributed by atoms with van der Waals surface area (Å²) in [5.74, 6) is -0.341. The van der Waals surface area contributed by atoms with E-state index < -0.39 is 0 Å². The zero-order valence-electron chi connectivity index (χ0n) is 11.9. The molecule has 5 heteroatoms. The van der Waals surface area contributed by atoms with Crippen LogP contribution in [0.25, 0.3) is 0 Å². The van der Waals surface area contributed by atoms with Gasteiger partial charge in [0.05, 0.1) is 12.2 Å². The van der Waals surface area contributed by atoms with Gasteiger partial charge in [-0.2, -0.15) is 0 Å². The van der Waals surface area contributed by atoms with E-state index in [1.165, 1.54) is 19.3 Å². The Labute approximate surface area is 119 Å². The van der Waals surface area contributed by atoms with Crippen molar-refractivity contribution in [1.29, 1.82) is 0 Å². The molecule has 0 saturated heterocycles. The molecular formula is C15H22NO4+. The SMILES string of the molecule is COCCOC(=O)c1cc[n+](OC2CCCCC2)cc1. The van der Waals surface area contributed by atoms with E-state index in [0.717, 1.165) is 12.8 Å². The van der Waals surface area contributed by atoms with Gasteiger partial charge in [0, 0.05) is 24.0 Å². The van der Waals surface area contributed by atoms with Gasteiger partial charge in [0.25, 0.3) is 0 Å². The molecule has 0 N–H and O–H groups in total. The average molecular weight is 280 g/mol. The zero-order valence-corrected chi connectivity index (χ0v) is 11.9. The minimum Gasteiger partial charge on any atom is -0.460 e. The minimum absolute atomic E-state index is 0.267. The van der Waals surface area contributed by atoms with Crippen LogP contribution < -0.4 is 9.57 Å². The maximum absolute atomic E-state index is 11.7. The molecule has 1 heterocycles. The third-order valence-electron chi connectivity index (χ3n) is 3.38. The molecule has 2 rings (SSSR count).